The maximum atomic E-state index is 15.7. The quantitative estimate of drug-likeness (QED) is 0.111. The van der Waals surface area contributed by atoms with Gasteiger partial charge in [0.25, 0.3) is 0 Å². The van der Waals surface area contributed by atoms with Gasteiger partial charge in [0.05, 0.1) is 12.6 Å². The van der Waals surface area contributed by atoms with Crippen molar-refractivity contribution >= 4 is 34.6 Å². The fourth-order valence-electron chi connectivity index (χ4n) is 5.71. The van der Waals surface area contributed by atoms with E-state index >= 15 is 26.3 Å². The predicted octanol–water partition coefficient (Wildman–Crippen LogP) is 6.02. The standard InChI is InChI=1S/C27H9BF15N/c1-7-3-2-4-8-5-6-44(27(7)8)28(9-12(29)18(35)24(41)19(36)13(9)30,10-14(31)20(37)25(42)21(38)15(10)32)11-16(33)22(39)26(43)23(40)17(11)34/h2-4,6H,5H2,1H3. The highest BCUT2D eigenvalue weighted by atomic mass is 19.2. The molecule has 17 heteroatoms. The van der Waals surface area contributed by atoms with Crippen molar-refractivity contribution in [2.75, 3.05) is 0 Å². The van der Waals surface area contributed by atoms with Crippen molar-refractivity contribution in [3.63, 3.8) is 0 Å². The van der Waals surface area contributed by atoms with Gasteiger partial charge in [-0.2, -0.15) is 0 Å². The zero-order valence-electron chi connectivity index (χ0n) is 21.2. The van der Waals surface area contributed by atoms with Gasteiger partial charge < -0.3 is 4.49 Å². The van der Waals surface area contributed by atoms with Crippen molar-refractivity contribution < 1.29 is 70.3 Å². The molecule has 0 aliphatic carbocycles. The summed E-state index contributed by atoms with van der Waals surface area (Å²) in [6.07, 6.45) is -5.90. The van der Waals surface area contributed by atoms with Crippen LogP contribution in [-0.4, -0.2) is 17.0 Å². The minimum absolute atomic E-state index is 0.000495. The van der Waals surface area contributed by atoms with E-state index in [1.165, 1.54) is 6.07 Å². The average molecular weight is 643 g/mol. The molecule has 230 valence electrons. The smallest absolute Gasteiger partial charge is 0.377 e. The molecule has 4 aromatic rings. The fraction of sp³-hybridized carbons (Fsp3) is 0.0741. The van der Waals surface area contributed by atoms with Crippen LogP contribution in [0.4, 0.5) is 71.5 Å². The second-order valence-corrected chi connectivity index (χ2v) is 9.65. The molecule has 1 aliphatic heterocycles. The second-order valence-electron chi connectivity index (χ2n) is 9.65. The molecule has 0 N–H and O–H groups in total. The first-order valence-corrected chi connectivity index (χ1v) is 11.9. The van der Waals surface area contributed by atoms with Crippen LogP contribution in [-0.2, 0) is 6.42 Å². The lowest BCUT2D eigenvalue weighted by Gasteiger charge is -2.39. The molecule has 0 aromatic heterocycles. The Bertz CT molecular complexity index is 1720. The largest absolute Gasteiger partial charge is 0.411 e. The van der Waals surface area contributed by atoms with Gasteiger partial charge in [0.2, 0.25) is 0 Å². The van der Waals surface area contributed by atoms with Crippen LogP contribution in [0.15, 0.2) is 18.2 Å². The van der Waals surface area contributed by atoms with Crippen molar-refractivity contribution in [2.45, 2.75) is 13.3 Å². The highest BCUT2D eigenvalue weighted by Gasteiger charge is 2.59. The van der Waals surface area contributed by atoms with Crippen LogP contribution in [0.3, 0.4) is 0 Å². The number of hydrogen-bond donors (Lipinski definition) is 0. The molecule has 5 rings (SSSR count). The van der Waals surface area contributed by atoms with Gasteiger partial charge in [0, 0.05) is 11.1 Å². The SMILES string of the molecule is Cc1cccc2c1[N+]([B-](c1c(F)c(F)c(F)c(F)c1F)(c1c(F)c(F)c(F)c(F)c1F)c1c(F)c(F)c(F)c(F)c1F)=CC2. The molecule has 1 nitrogen and oxygen atoms in total. The summed E-state index contributed by atoms with van der Waals surface area (Å²) in [6, 6.07) is 3.58. The van der Waals surface area contributed by atoms with Gasteiger partial charge >= 0.3 is 6.28 Å². The van der Waals surface area contributed by atoms with E-state index in [4.69, 9.17) is 0 Å². The third kappa shape index (κ3) is 3.83. The molecule has 44 heavy (non-hydrogen) atoms. The van der Waals surface area contributed by atoms with Crippen LogP contribution in [0.2, 0.25) is 0 Å². The first kappa shape index (κ1) is 31.0. The van der Waals surface area contributed by atoms with Crippen molar-refractivity contribution in [1.29, 1.82) is 0 Å². The van der Waals surface area contributed by atoms with Gasteiger partial charge in [0.1, 0.15) is 34.9 Å². The summed E-state index contributed by atoms with van der Waals surface area (Å²) in [5, 5.41) is 0. The average Bonchev–Trinajstić information content (AvgIpc) is 3.44. The van der Waals surface area contributed by atoms with Gasteiger partial charge in [-0.15, -0.1) is 0 Å². The van der Waals surface area contributed by atoms with E-state index in [0.717, 1.165) is 19.1 Å². The highest BCUT2D eigenvalue weighted by molar-refractivity contribution is 7.06. The van der Waals surface area contributed by atoms with Gasteiger partial charge in [-0.1, -0.05) is 18.2 Å². The van der Waals surface area contributed by atoms with Gasteiger partial charge in [-0.05, 0) is 23.3 Å². The summed E-state index contributed by atoms with van der Waals surface area (Å²) in [4.78, 5) is 0. The lowest BCUT2D eigenvalue weighted by molar-refractivity contribution is -0.280. The molecule has 0 fully saturated rings. The Labute approximate surface area is 235 Å². The van der Waals surface area contributed by atoms with E-state index in [1.54, 1.807) is 0 Å². The molecule has 0 atom stereocenters. The number of hydrogen-bond acceptors (Lipinski definition) is 0. The van der Waals surface area contributed by atoms with Crippen LogP contribution < -0.4 is 16.4 Å². The molecular formula is C27H9BF15N. The molecule has 0 spiro atoms. The van der Waals surface area contributed by atoms with Crippen molar-refractivity contribution in [3.05, 3.63) is 117 Å². The van der Waals surface area contributed by atoms with Gasteiger partial charge in [-0.25, -0.2) is 65.9 Å². The molecule has 0 saturated carbocycles. The third-order valence-electron chi connectivity index (χ3n) is 7.49. The third-order valence-corrected chi connectivity index (χ3v) is 7.49. The van der Waals surface area contributed by atoms with Crippen LogP contribution in [0.1, 0.15) is 11.1 Å². The lowest BCUT2D eigenvalue weighted by Crippen LogP contribution is -2.78. The number of rotatable bonds is 4. The van der Waals surface area contributed by atoms with Gasteiger partial charge in [-0.3, -0.25) is 0 Å². The zero-order chi connectivity index (χ0) is 32.7. The summed E-state index contributed by atoms with van der Waals surface area (Å²) in [6.45, 7) is 1.13. The lowest BCUT2D eigenvalue weighted by atomic mass is 9.23. The number of halogens is 15. The number of para-hydroxylation sites is 1. The maximum Gasteiger partial charge on any atom is 0.377 e. The Morgan fingerprint density at radius 2 is 0.750 bits per heavy atom. The number of benzene rings is 4. The van der Waals surface area contributed by atoms with Gasteiger partial charge in [0.15, 0.2) is 58.0 Å². The monoisotopic (exact) mass is 643 g/mol. The summed E-state index contributed by atoms with van der Waals surface area (Å²) in [5.74, 6) is -45.5. The molecule has 0 bridgehead atoms. The van der Waals surface area contributed by atoms with Crippen LogP contribution >= 0.6 is 0 Å². The summed E-state index contributed by atoms with van der Waals surface area (Å²) < 4.78 is 225. The summed E-state index contributed by atoms with van der Waals surface area (Å²) in [7, 11) is 0. The molecule has 0 amide bonds. The molecule has 0 saturated heterocycles. The van der Waals surface area contributed by atoms with E-state index in [0.29, 0.717) is 6.21 Å². The van der Waals surface area contributed by atoms with Crippen LogP contribution in [0.25, 0.3) is 0 Å². The number of fused-ring (bicyclic) bond motifs is 1. The highest BCUT2D eigenvalue weighted by Crippen LogP contribution is 2.36. The first-order valence-electron chi connectivity index (χ1n) is 11.9. The molecule has 0 unspecified atom stereocenters. The molecule has 1 heterocycles. The minimum atomic E-state index is -5.86. The zero-order valence-corrected chi connectivity index (χ0v) is 21.2. The molecule has 4 aromatic carbocycles. The topological polar surface area (TPSA) is 3.01 Å². The summed E-state index contributed by atoms with van der Waals surface area (Å²) >= 11 is 0. The Kier molecular flexibility index (Phi) is 7.28. The summed E-state index contributed by atoms with van der Waals surface area (Å²) in [5.41, 5.74) is -8.92. The Morgan fingerprint density at radius 1 is 0.455 bits per heavy atom. The Balaban J connectivity index is 2.26. The van der Waals surface area contributed by atoms with E-state index in [9.17, 15) is 39.5 Å². The van der Waals surface area contributed by atoms with Crippen LogP contribution in [0.5, 0.6) is 0 Å². The predicted molar refractivity (Wildman–Crippen MR) is 124 cm³/mol. The van der Waals surface area contributed by atoms with E-state index in [1.807, 2.05) is 0 Å². The van der Waals surface area contributed by atoms with E-state index in [2.05, 4.69) is 0 Å². The normalized spacial score (nSPS) is 13.0. The molecule has 0 radical (unpaired) electrons. The van der Waals surface area contributed by atoms with Crippen molar-refractivity contribution in [1.82, 2.24) is 0 Å². The minimum Gasteiger partial charge on any atom is -0.411 e. The molecule has 1 aliphatic rings. The number of nitrogens with zero attached hydrogens (tertiary/aromatic N) is 1. The maximum absolute atomic E-state index is 15.7. The van der Waals surface area contributed by atoms with Crippen molar-refractivity contribution in [3.8, 4) is 0 Å². The van der Waals surface area contributed by atoms with Crippen LogP contribution in [0, 0.1) is 94.2 Å². The van der Waals surface area contributed by atoms with E-state index < -0.39 is 122 Å². The number of aryl methyl sites for hydroxylation is 1. The fourth-order valence-corrected chi connectivity index (χ4v) is 5.71. The second kappa shape index (κ2) is 10.3. The first-order chi connectivity index (χ1) is 20.5. The molecular weight excluding hydrogens is 634 g/mol. The van der Waals surface area contributed by atoms with E-state index in [-0.39, 0.29) is 15.6 Å². The Morgan fingerprint density at radius 3 is 1.07 bits per heavy atom. The van der Waals surface area contributed by atoms with Crippen molar-refractivity contribution in [2.24, 2.45) is 0 Å². The Hall–Kier alpha value is -4.44.